The molecule has 2 nitrogen and oxygen atoms in total. The fourth-order valence-corrected chi connectivity index (χ4v) is 1.09. The molecule has 0 atom stereocenters. The Morgan fingerprint density at radius 2 is 1.37 bits per heavy atom. The summed E-state index contributed by atoms with van der Waals surface area (Å²) in [7, 11) is 0. The number of alkyl halides is 9. The van der Waals surface area contributed by atoms with E-state index in [0.29, 0.717) is 0 Å². The summed E-state index contributed by atoms with van der Waals surface area (Å²) in [5, 5.41) is 0. The van der Waals surface area contributed by atoms with Crippen molar-refractivity contribution in [1.82, 2.24) is 4.98 Å². The predicted molar refractivity (Wildman–Crippen MR) is 40.9 cm³/mol. The van der Waals surface area contributed by atoms with Gasteiger partial charge in [-0.05, 0) is 6.07 Å². The van der Waals surface area contributed by atoms with Crippen LogP contribution in [0.2, 0.25) is 0 Å². The molecular formula is C8H2F9NO. The second-order valence-electron chi connectivity index (χ2n) is 3.08. The van der Waals surface area contributed by atoms with Crippen LogP contribution in [0.3, 0.4) is 0 Å². The molecule has 0 aliphatic rings. The maximum atomic E-state index is 12.3. The summed E-state index contributed by atoms with van der Waals surface area (Å²) in [6.07, 6.45) is -16.6. The Morgan fingerprint density at radius 1 is 0.842 bits per heavy atom. The van der Waals surface area contributed by atoms with Gasteiger partial charge in [-0.15, -0.1) is 13.2 Å². The maximum Gasteiger partial charge on any atom is 0.573 e. The molecule has 0 saturated carbocycles. The Hall–Kier alpha value is -1.68. The number of halogens is 9. The van der Waals surface area contributed by atoms with Gasteiger partial charge >= 0.3 is 18.7 Å². The van der Waals surface area contributed by atoms with E-state index < -0.39 is 35.7 Å². The maximum absolute atomic E-state index is 12.3. The van der Waals surface area contributed by atoms with Gasteiger partial charge in [0, 0.05) is 6.20 Å². The van der Waals surface area contributed by atoms with Gasteiger partial charge in [-0.1, -0.05) is 0 Å². The van der Waals surface area contributed by atoms with Gasteiger partial charge < -0.3 is 4.74 Å². The smallest absolute Gasteiger partial charge is 0.403 e. The van der Waals surface area contributed by atoms with E-state index in [1.807, 2.05) is 0 Å². The molecule has 0 saturated heterocycles. The second kappa shape index (κ2) is 4.46. The highest BCUT2D eigenvalue weighted by Gasteiger charge is 2.46. The van der Waals surface area contributed by atoms with Crippen molar-refractivity contribution < 1.29 is 44.3 Å². The van der Waals surface area contributed by atoms with Gasteiger partial charge in [-0.25, -0.2) is 4.98 Å². The van der Waals surface area contributed by atoms with Crippen LogP contribution < -0.4 is 4.74 Å². The molecule has 1 heterocycles. The lowest BCUT2D eigenvalue weighted by molar-refractivity contribution is -0.278. The summed E-state index contributed by atoms with van der Waals surface area (Å²) in [6, 6.07) is -0.0453. The lowest BCUT2D eigenvalue weighted by Gasteiger charge is -2.18. The Balaban J connectivity index is 3.51. The van der Waals surface area contributed by atoms with Crippen LogP contribution in [0.1, 0.15) is 11.3 Å². The number of pyridine rings is 1. The normalized spacial score (nSPS) is 13.5. The van der Waals surface area contributed by atoms with Gasteiger partial charge in [0.15, 0.2) is 11.4 Å². The molecule has 19 heavy (non-hydrogen) atoms. The van der Waals surface area contributed by atoms with E-state index in [9.17, 15) is 39.5 Å². The van der Waals surface area contributed by atoms with Gasteiger partial charge in [0.2, 0.25) is 0 Å². The first kappa shape index (κ1) is 15.4. The van der Waals surface area contributed by atoms with Gasteiger partial charge in [-0.2, -0.15) is 26.3 Å². The molecular weight excluding hydrogens is 297 g/mol. The minimum atomic E-state index is -5.72. The third kappa shape index (κ3) is 3.89. The molecule has 0 amide bonds. The summed E-state index contributed by atoms with van der Waals surface area (Å²) in [5.41, 5.74) is -4.62. The lowest BCUT2D eigenvalue weighted by Crippen LogP contribution is -2.24. The van der Waals surface area contributed by atoms with E-state index in [1.54, 1.807) is 0 Å². The number of nitrogens with zero attached hydrogens (tertiary/aromatic N) is 1. The molecule has 1 aromatic rings. The van der Waals surface area contributed by atoms with Crippen LogP contribution in [0.5, 0.6) is 5.75 Å². The Labute approximate surface area is 98.3 Å². The van der Waals surface area contributed by atoms with E-state index in [0.717, 1.165) is 0 Å². The average Bonchev–Trinajstić information content (AvgIpc) is 2.11. The highest BCUT2D eigenvalue weighted by atomic mass is 19.4. The van der Waals surface area contributed by atoms with E-state index in [4.69, 9.17) is 0 Å². The van der Waals surface area contributed by atoms with Crippen molar-refractivity contribution in [1.29, 1.82) is 0 Å². The zero-order valence-electron chi connectivity index (χ0n) is 8.41. The lowest BCUT2D eigenvalue weighted by atomic mass is 10.2. The standard InChI is InChI=1S/C8H2F9NO/c9-6(10,11)3-1-2-18-5(7(12,13)14)4(3)19-8(15,16)17/h1-2H. The molecule has 0 bridgehead atoms. The van der Waals surface area contributed by atoms with Crippen molar-refractivity contribution in [2.24, 2.45) is 0 Å². The molecule has 0 N–H and O–H groups in total. The highest BCUT2D eigenvalue weighted by molar-refractivity contribution is 5.40. The molecule has 0 aromatic carbocycles. The molecule has 0 unspecified atom stereocenters. The Kier molecular flexibility index (Phi) is 3.61. The Bertz CT molecular complexity index is 427. The first-order valence-corrected chi connectivity index (χ1v) is 4.21. The monoisotopic (exact) mass is 299 g/mol. The quantitative estimate of drug-likeness (QED) is 0.731. The van der Waals surface area contributed by atoms with Gasteiger partial charge in [-0.3, -0.25) is 0 Å². The zero-order valence-corrected chi connectivity index (χ0v) is 8.41. The topological polar surface area (TPSA) is 22.1 Å². The second-order valence-corrected chi connectivity index (χ2v) is 3.08. The summed E-state index contributed by atoms with van der Waals surface area (Å²) in [4.78, 5) is 2.46. The zero-order chi connectivity index (χ0) is 15.1. The molecule has 1 aromatic heterocycles. The van der Waals surface area contributed by atoms with Crippen LogP contribution in [0.15, 0.2) is 12.3 Å². The predicted octanol–water partition coefficient (Wildman–Crippen LogP) is 4.02. The first-order valence-electron chi connectivity index (χ1n) is 4.21. The van der Waals surface area contributed by atoms with Gasteiger partial charge in [0.05, 0.1) is 0 Å². The van der Waals surface area contributed by atoms with Crippen LogP contribution in [0.4, 0.5) is 39.5 Å². The van der Waals surface area contributed by atoms with E-state index in [-0.39, 0.29) is 12.3 Å². The molecule has 11 heteroatoms. The molecule has 1 rings (SSSR count). The minimum Gasteiger partial charge on any atom is -0.403 e. The largest absolute Gasteiger partial charge is 0.573 e. The van der Waals surface area contributed by atoms with Gasteiger partial charge in [0.25, 0.3) is 0 Å². The molecule has 0 aliphatic carbocycles. The van der Waals surface area contributed by atoms with Crippen LogP contribution in [-0.2, 0) is 12.4 Å². The third-order valence-corrected chi connectivity index (χ3v) is 1.70. The van der Waals surface area contributed by atoms with Crippen molar-refractivity contribution in [3.63, 3.8) is 0 Å². The number of ether oxygens (including phenoxy) is 1. The van der Waals surface area contributed by atoms with Crippen LogP contribution in [0, 0.1) is 0 Å². The van der Waals surface area contributed by atoms with Crippen molar-refractivity contribution in [3.05, 3.63) is 23.5 Å². The molecule has 0 spiro atoms. The fraction of sp³-hybridized carbons (Fsp3) is 0.375. The Morgan fingerprint density at radius 3 is 1.74 bits per heavy atom. The highest BCUT2D eigenvalue weighted by Crippen LogP contribution is 2.44. The van der Waals surface area contributed by atoms with E-state index >= 15 is 0 Å². The SMILES string of the molecule is FC(F)(F)Oc1c(C(F)(F)F)ccnc1C(F)(F)F. The van der Waals surface area contributed by atoms with Crippen molar-refractivity contribution in [2.45, 2.75) is 18.7 Å². The third-order valence-electron chi connectivity index (χ3n) is 1.70. The average molecular weight is 299 g/mol. The summed E-state index contributed by atoms with van der Waals surface area (Å²) < 4.78 is 112. The fourth-order valence-electron chi connectivity index (χ4n) is 1.09. The number of rotatable bonds is 1. The van der Waals surface area contributed by atoms with Crippen LogP contribution in [-0.4, -0.2) is 11.3 Å². The molecule has 108 valence electrons. The summed E-state index contributed by atoms with van der Waals surface area (Å²) in [5.74, 6) is -2.42. The van der Waals surface area contributed by atoms with Crippen molar-refractivity contribution in [2.75, 3.05) is 0 Å². The number of hydrogen-bond acceptors (Lipinski definition) is 2. The van der Waals surface area contributed by atoms with Crippen molar-refractivity contribution in [3.8, 4) is 5.75 Å². The summed E-state index contributed by atoms with van der Waals surface area (Å²) in [6.45, 7) is 0. The first-order chi connectivity index (χ1) is 8.32. The number of aromatic nitrogens is 1. The van der Waals surface area contributed by atoms with Gasteiger partial charge in [0.1, 0.15) is 5.56 Å². The van der Waals surface area contributed by atoms with Crippen LogP contribution >= 0.6 is 0 Å². The summed E-state index contributed by atoms with van der Waals surface area (Å²) >= 11 is 0. The van der Waals surface area contributed by atoms with Crippen LogP contribution in [0.25, 0.3) is 0 Å². The molecule has 0 aliphatic heterocycles. The molecule has 0 fully saturated rings. The number of hydrogen-bond donors (Lipinski definition) is 0. The minimum absolute atomic E-state index is 0.0453. The van der Waals surface area contributed by atoms with E-state index in [1.165, 1.54) is 0 Å². The molecule has 0 radical (unpaired) electrons. The van der Waals surface area contributed by atoms with E-state index in [2.05, 4.69) is 9.72 Å². The van der Waals surface area contributed by atoms with Crippen molar-refractivity contribution >= 4 is 0 Å².